The lowest BCUT2D eigenvalue weighted by molar-refractivity contribution is -0.126. The predicted molar refractivity (Wildman–Crippen MR) is 262 cm³/mol. The molecule has 1 fully saturated rings. The van der Waals surface area contributed by atoms with Crippen LogP contribution in [0.1, 0.15) is 67.2 Å². The van der Waals surface area contributed by atoms with Crippen LogP contribution in [0.2, 0.25) is 0 Å². The number of quaternary nitrogens is 2. The van der Waals surface area contributed by atoms with Gasteiger partial charge in [-0.05, 0) is 49.9 Å². The minimum absolute atomic E-state index is 0.0521. The van der Waals surface area contributed by atoms with Crippen molar-refractivity contribution < 1.29 is 47.5 Å². The third-order valence-corrected chi connectivity index (χ3v) is 12.2. The Morgan fingerprint density at radius 3 is 0.864 bits per heavy atom. The molecular formula is C52H74N4O10+2. The highest BCUT2D eigenvalue weighted by Gasteiger charge is 2.43. The molecule has 0 bridgehead atoms. The van der Waals surface area contributed by atoms with Crippen LogP contribution in [0.25, 0.3) is 0 Å². The molecule has 1 aliphatic rings. The molecule has 0 unspecified atom stereocenters. The van der Waals surface area contributed by atoms with Crippen LogP contribution in [-0.2, 0) is 9.59 Å². The summed E-state index contributed by atoms with van der Waals surface area (Å²) in [5.74, 6) is 4.66. The Morgan fingerprint density at radius 2 is 0.667 bits per heavy atom. The highest BCUT2D eigenvalue weighted by atomic mass is 16.5. The molecule has 0 saturated carbocycles. The Balaban J connectivity index is 1.43. The summed E-state index contributed by atoms with van der Waals surface area (Å²) in [5, 5.41) is 0. The van der Waals surface area contributed by atoms with Crippen molar-refractivity contribution in [3.63, 3.8) is 0 Å². The fraction of sp³-hybridized carbons (Fsp3) is 0.500. The van der Waals surface area contributed by atoms with Gasteiger partial charge in [-0.3, -0.25) is 9.80 Å². The molecule has 0 atom stereocenters. The summed E-state index contributed by atoms with van der Waals surface area (Å²) in [7, 11) is 6.48. The zero-order valence-corrected chi connectivity index (χ0v) is 41.1. The van der Waals surface area contributed by atoms with Crippen LogP contribution in [0.3, 0.4) is 0 Å². The summed E-state index contributed by atoms with van der Waals surface area (Å²) >= 11 is 0. The Hall–Kier alpha value is -5.54. The summed E-state index contributed by atoms with van der Waals surface area (Å²) in [5.41, 5.74) is 3.03. The number of benzene rings is 4. The fourth-order valence-electron chi connectivity index (χ4n) is 8.58. The van der Waals surface area contributed by atoms with Crippen LogP contribution in [0.15, 0.2) is 72.8 Å². The number of carbonyl (C=O) groups excluding carboxylic acids is 2. The number of amides is 2. The van der Waals surface area contributed by atoms with Crippen LogP contribution in [0.5, 0.6) is 46.0 Å². The molecule has 1 aliphatic heterocycles. The van der Waals surface area contributed by atoms with Gasteiger partial charge in [0.1, 0.15) is 35.8 Å². The molecule has 1 heterocycles. The molecule has 0 N–H and O–H groups in total. The van der Waals surface area contributed by atoms with E-state index in [-0.39, 0.29) is 20.8 Å². The van der Waals surface area contributed by atoms with Crippen molar-refractivity contribution in [3.05, 3.63) is 72.8 Å². The molecule has 14 heteroatoms. The number of hydrogen-bond donors (Lipinski definition) is 0. The number of carbonyl (C=O) groups is 2. The third kappa shape index (κ3) is 11.7. The van der Waals surface area contributed by atoms with E-state index in [0.29, 0.717) is 98.6 Å². The number of piperazine rings is 1. The molecule has 1 saturated heterocycles. The summed E-state index contributed by atoms with van der Waals surface area (Å²) in [6.45, 7) is 19.0. The molecular weight excluding hydrogens is 841 g/mol. The second-order valence-corrected chi connectivity index (χ2v) is 16.5. The monoisotopic (exact) mass is 915 g/mol. The zero-order chi connectivity index (χ0) is 47.7. The second kappa shape index (κ2) is 24.8. The van der Waals surface area contributed by atoms with Gasteiger partial charge >= 0.3 is 11.8 Å². The van der Waals surface area contributed by atoms with Gasteiger partial charge in [0.25, 0.3) is 0 Å². The third-order valence-electron chi connectivity index (χ3n) is 12.2. The summed E-state index contributed by atoms with van der Waals surface area (Å²) in [4.78, 5) is 33.5. The van der Waals surface area contributed by atoms with Gasteiger partial charge in [0.05, 0.1) is 68.7 Å². The second-order valence-electron chi connectivity index (χ2n) is 16.5. The highest BCUT2D eigenvalue weighted by Crippen LogP contribution is 2.45. The van der Waals surface area contributed by atoms with Crippen LogP contribution >= 0.6 is 0 Å². The SMILES string of the molecule is CCCOc1ccc([N+](CCN2CCN(CC[N+](C(C)=O)(c3ccc(OCCC)c(OC)c3)c3ccc(OCCC)c(OC)c3)CC2)(C(C)=O)c2ccc(OCCC)c(OC)c2)cc1OC. The lowest BCUT2D eigenvalue weighted by Gasteiger charge is -2.40. The molecule has 4 aromatic carbocycles. The topological polar surface area (TPSA) is 114 Å². The molecule has 0 aliphatic carbocycles. The lowest BCUT2D eigenvalue weighted by atomic mass is 10.1. The number of methoxy groups -OCH3 is 4. The van der Waals surface area contributed by atoms with Crippen molar-refractivity contribution in [2.75, 3.05) is 107 Å². The summed E-state index contributed by atoms with van der Waals surface area (Å²) < 4.78 is 47.3. The van der Waals surface area contributed by atoms with E-state index in [1.165, 1.54) is 0 Å². The highest BCUT2D eigenvalue weighted by molar-refractivity contribution is 5.95. The van der Waals surface area contributed by atoms with E-state index >= 15 is 0 Å². The van der Waals surface area contributed by atoms with E-state index in [9.17, 15) is 9.59 Å². The molecule has 0 radical (unpaired) electrons. The smallest absolute Gasteiger partial charge is 0.320 e. The maximum absolute atomic E-state index is 14.3. The summed E-state index contributed by atoms with van der Waals surface area (Å²) in [6.07, 6.45) is 3.41. The van der Waals surface area contributed by atoms with Gasteiger partial charge in [-0.15, -0.1) is 0 Å². The normalized spacial score (nSPS) is 13.5. The molecule has 14 nitrogen and oxygen atoms in total. The Labute approximate surface area is 393 Å². The molecule has 360 valence electrons. The van der Waals surface area contributed by atoms with Gasteiger partial charge in [0.2, 0.25) is 0 Å². The van der Waals surface area contributed by atoms with Gasteiger partial charge in [0.15, 0.2) is 46.0 Å². The number of hydrogen-bond acceptors (Lipinski definition) is 12. The first-order chi connectivity index (χ1) is 32.0. The van der Waals surface area contributed by atoms with E-state index in [1.54, 1.807) is 42.3 Å². The molecule has 2 amide bonds. The first-order valence-electron chi connectivity index (χ1n) is 23.5. The number of ether oxygens (including phenoxy) is 8. The van der Waals surface area contributed by atoms with E-state index in [1.807, 2.05) is 72.8 Å². The fourth-order valence-corrected chi connectivity index (χ4v) is 8.58. The summed E-state index contributed by atoms with van der Waals surface area (Å²) in [6, 6.07) is 23.1. The van der Waals surface area contributed by atoms with Crippen LogP contribution in [0.4, 0.5) is 22.7 Å². The van der Waals surface area contributed by atoms with Crippen LogP contribution in [0, 0.1) is 0 Å². The van der Waals surface area contributed by atoms with Gasteiger partial charge in [-0.2, -0.15) is 8.97 Å². The number of rotatable bonds is 26. The van der Waals surface area contributed by atoms with E-state index in [0.717, 1.165) is 74.6 Å². The molecule has 0 aromatic heterocycles. The van der Waals surface area contributed by atoms with Crippen molar-refractivity contribution in [1.82, 2.24) is 18.8 Å². The maximum Gasteiger partial charge on any atom is 0.320 e. The minimum atomic E-state index is -0.0782. The van der Waals surface area contributed by atoms with E-state index in [4.69, 9.17) is 37.9 Å². The first-order valence-corrected chi connectivity index (χ1v) is 23.5. The zero-order valence-electron chi connectivity index (χ0n) is 41.1. The lowest BCUT2D eigenvalue weighted by Crippen LogP contribution is -2.57. The molecule has 4 aromatic rings. The van der Waals surface area contributed by atoms with Crippen molar-refractivity contribution in [2.24, 2.45) is 0 Å². The Kier molecular flexibility index (Phi) is 19.4. The van der Waals surface area contributed by atoms with Crippen LogP contribution in [-0.4, -0.2) is 129 Å². The average molecular weight is 915 g/mol. The number of nitrogens with zero attached hydrogens (tertiary/aromatic N) is 4. The van der Waals surface area contributed by atoms with Crippen molar-refractivity contribution in [3.8, 4) is 46.0 Å². The van der Waals surface area contributed by atoms with Crippen molar-refractivity contribution in [1.29, 1.82) is 0 Å². The Morgan fingerprint density at radius 1 is 0.424 bits per heavy atom. The largest absolute Gasteiger partial charge is 0.493 e. The van der Waals surface area contributed by atoms with Gasteiger partial charge in [-0.1, -0.05) is 27.7 Å². The Bertz CT molecular complexity index is 1920. The van der Waals surface area contributed by atoms with Gasteiger partial charge < -0.3 is 37.9 Å². The van der Waals surface area contributed by atoms with Crippen LogP contribution < -0.4 is 46.9 Å². The van der Waals surface area contributed by atoms with E-state index in [2.05, 4.69) is 37.5 Å². The van der Waals surface area contributed by atoms with Crippen molar-refractivity contribution >= 4 is 34.6 Å². The standard InChI is InChI=1S/C52H74N4O10/c1-11-31-63-45-19-15-41(35-49(45)59-7)55(39(5)57,42-16-20-46(64-32-12-2)50(36-42)60-8)29-27-53-23-25-54(26-24-53)28-30-56(40(6)58,43-17-21-47(65-33-13-3)51(37-43)61-9)44-18-22-48(66-34-14-4)52(38-44)62-10/h15-22,35-38H,11-14,23-34H2,1-10H3/q+2. The average Bonchev–Trinajstić information content (AvgIpc) is 3.34. The minimum Gasteiger partial charge on any atom is -0.493 e. The van der Waals surface area contributed by atoms with Crippen molar-refractivity contribution in [2.45, 2.75) is 67.2 Å². The van der Waals surface area contributed by atoms with E-state index < -0.39 is 0 Å². The van der Waals surface area contributed by atoms with Gasteiger partial charge in [0, 0.05) is 87.8 Å². The van der Waals surface area contributed by atoms with Gasteiger partial charge in [-0.25, -0.2) is 9.59 Å². The molecule has 66 heavy (non-hydrogen) atoms. The molecule has 5 rings (SSSR count). The maximum atomic E-state index is 14.3. The predicted octanol–water partition coefficient (Wildman–Crippen LogP) is 9.57. The quantitative estimate of drug-likeness (QED) is 0.0559. The first kappa shape index (κ1) is 51.4. The molecule has 0 spiro atoms.